The lowest BCUT2D eigenvalue weighted by molar-refractivity contribution is 0.0844. The SMILES string of the molecule is CC(O)CC1CCCCN1CCn1ccnc1. The molecule has 4 heteroatoms. The summed E-state index contributed by atoms with van der Waals surface area (Å²) in [5, 5.41) is 9.53. The molecule has 1 aliphatic heterocycles. The van der Waals surface area contributed by atoms with Crippen molar-refractivity contribution in [3.63, 3.8) is 0 Å². The molecule has 96 valence electrons. The molecule has 0 saturated carbocycles. The molecule has 2 atom stereocenters. The first-order valence-electron chi connectivity index (χ1n) is 6.63. The van der Waals surface area contributed by atoms with Gasteiger partial charge in [-0.3, -0.25) is 4.90 Å². The molecule has 2 unspecified atom stereocenters. The van der Waals surface area contributed by atoms with E-state index in [2.05, 4.69) is 14.5 Å². The summed E-state index contributed by atoms with van der Waals surface area (Å²) >= 11 is 0. The minimum atomic E-state index is -0.186. The van der Waals surface area contributed by atoms with Crippen LogP contribution in [0.15, 0.2) is 18.7 Å². The Hall–Kier alpha value is -0.870. The van der Waals surface area contributed by atoms with Gasteiger partial charge in [0.15, 0.2) is 0 Å². The quantitative estimate of drug-likeness (QED) is 0.844. The third-order valence-electron chi connectivity index (χ3n) is 3.57. The molecule has 1 aromatic rings. The van der Waals surface area contributed by atoms with E-state index < -0.39 is 0 Å². The highest BCUT2D eigenvalue weighted by atomic mass is 16.3. The molecule has 17 heavy (non-hydrogen) atoms. The molecule has 1 aromatic heterocycles. The first kappa shape index (κ1) is 12.6. The van der Waals surface area contributed by atoms with Gasteiger partial charge in [-0.05, 0) is 32.7 Å². The molecule has 4 nitrogen and oxygen atoms in total. The van der Waals surface area contributed by atoms with E-state index in [0.717, 1.165) is 19.5 Å². The minimum absolute atomic E-state index is 0.186. The fraction of sp³-hybridized carbons (Fsp3) is 0.769. The summed E-state index contributed by atoms with van der Waals surface area (Å²) in [6, 6.07) is 0.562. The van der Waals surface area contributed by atoms with Crippen molar-refractivity contribution in [3.8, 4) is 0 Å². The first-order chi connectivity index (χ1) is 8.25. The van der Waals surface area contributed by atoms with Crippen molar-refractivity contribution in [1.82, 2.24) is 14.5 Å². The van der Waals surface area contributed by atoms with Crippen molar-refractivity contribution in [2.24, 2.45) is 0 Å². The largest absolute Gasteiger partial charge is 0.393 e. The maximum atomic E-state index is 9.53. The topological polar surface area (TPSA) is 41.3 Å². The average Bonchev–Trinajstić information content (AvgIpc) is 2.80. The van der Waals surface area contributed by atoms with Gasteiger partial charge in [-0.2, -0.15) is 0 Å². The zero-order valence-corrected chi connectivity index (χ0v) is 10.6. The number of rotatable bonds is 5. The smallest absolute Gasteiger partial charge is 0.0946 e. The average molecular weight is 237 g/mol. The van der Waals surface area contributed by atoms with E-state index in [1.54, 1.807) is 0 Å². The van der Waals surface area contributed by atoms with E-state index in [1.165, 1.54) is 25.8 Å². The van der Waals surface area contributed by atoms with Gasteiger partial charge in [-0.1, -0.05) is 6.42 Å². The van der Waals surface area contributed by atoms with Crippen molar-refractivity contribution in [2.45, 2.75) is 51.3 Å². The van der Waals surface area contributed by atoms with E-state index in [0.29, 0.717) is 6.04 Å². The fourth-order valence-corrected chi connectivity index (χ4v) is 2.68. The number of likely N-dealkylation sites (tertiary alicyclic amines) is 1. The number of aliphatic hydroxyl groups excluding tert-OH is 1. The molecule has 0 spiro atoms. The Kier molecular flexibility index (Phi) is 4.57. The van der Waals surface area contributed by atoms with Gasteiger partial charge < -0.3 is 9.67 Å². The molecule has 0 radical (unpaired) electrons. The number of hydrogen-bond acceptors (Lipinski definition) is 3. The highest BCUT2D eigenvalue weighted by Gasteiger charge is 2.23. The lowest BCUT2D eigenvalue weighted by atomic mass is 9.97. The predicted octanol–water partition coefficient (Wildman–Crippen LogP) is 1.51. The van der Waals surface area contributed by atoms with Crippen molar-refractivity contribution >= 4 is 0 Å². The standard InChI is InChI=1S/C13H23N3O/c1-12(17)10-13-4-2-3-6-16(13)9-8-15-7-5-14-11-15/h5,7,11-13,17H,2-4,6,8-10H2,1H3. The van der Waals surface area contributed by atoms with Crippen molar-refractivity contribution in [2.75, 3.05) is 13.1 Å². The Morgan fingerprint density at radius 1 is 1.41 bits per heavy atom. The van der Waals surface area contributed by atoms with E-state index in [9.17, 15) is 5.11 Å². The molecule has 0 amide bonds. The van der Waals surface area contributed by atoms with Gasteiger partial charge >= 0.3 is 0 Å². The second-order valence-electron chi connectivity index (χ2n) is 5.07. The normalized spacial score (nSPS) is 23.8. The van der Waals surface area contributed by atoms with Crippen LogP contribution in [0.25, 0.3) is 0 Å². The molecule has 1 N–H and O–H groups in total. The third-order valence-corrected chi connectivity index (χ3v) is 3.57. The highest BCUT2D eigenvalue weighted by Crippen LogP contribution is 2.20. The van der Waals surface area contributed by atoms with Gasteiger partial charge in [-0.25, -0.2) is 4.98 Å². The fourth-order valence-electron chi connectivity index (χ4n) is 2.68. The van der Waals surface area contributed by atoms with Gasteiger partial charge in [0, 0.05) is 31.5 Å². The van der Waals surface area contributed by atoms with Crippen LogP contribution in [-0.4, -0.2) is 44.8 Å². The molecule has 1 saturated heterocycles. The molecule has 1 aliphatic rings. The van der Waals surface area contributed by atoms with Crippen LogP contribution in [0.5, 0.6) is 0 Å². The first-order valence-corrected chi connectivity index (χ1v) is 6.63. The van der Waals surface area contributed by atoms with Crippen LogP contribution in [0, 0.1) is 0 Å². The molecule has 0 aliphatic carbocycles. The molecule has 2 heterocycles. The summed E-state index contributed by atoms with van der Waals surface area (Å²) in [5.74, 6) is 0. The van der Waals surface area contributed by atoms with Crippen LogP contribution in [0.4, 0.5) is 0 Å². The number of piperidine rings is 1. The van der Waals surface area contributed by atoms with Gasteiger partial charge in [0.25, 0.3) is 0 Å². The van der Waals surface area contributed by atoms with E-state index in [4.69, 9.17) is 0 Å². The molecule has 1 fully saturated rings. The zero-order chi connectivity index (χ0) is 12.1. The number of imidazole rings is 1. The van der Waals surface area contributed by atoms with Crippen LogP contribution in [0.1, 0.15) is 32.6 Å². The van der Waals surface area contributed by atoms with Crippen LogP contribution in [-0.2, 0) is 6.54 Å². The number of aromatic nitrogens is 2. The second-order valence-corrected chi connectivity index (χ2v) is 5.07. The summed E-state index contributed by atoms with van der Waals surface area (Å²) in [4.78, 5) is 6.58. The summed E-state index contributed by atoms with van der Waals surface area (Å²) < 4.78 is 2.12. The Labute approximate surface area is 103 Å². The van der Waals surface area contributed by atoms with Crippen molar-refractivity contribution in [1.29, 1.82) is 0 Å². The van der Waals surface area contributed by atoms with Crippen molar-refractivity contribution < 1.29 is 5.11 Å². The summed E-state index contributed by atoms with van der Waals surface area (Å²) in [5.41, 5.74) is 0. The summed E-state index contributed by atoms with van der Waals surface area (Å²) in [6.45, 7) is 5.12. The van der Waals surface area contributed by atoms with Crippen LogP contribution >= 0.6 is 0 Å². The van der Waals surface area contributed by atoms with Gasteiger partial charge in [0.2, 0.25) is 0 Å². The van der Waals surface area contributed by atoms with Crippen LogP contribution in [0.3, 0.4) is 0 Å². The zero-order valence-electron chi connectivity index (χ0n) is 10.6. The minimum Gasteiger partial charge on any atom is -0.393 e. The molecule has 0 bridgehead atoms. The highest BCUT2D eigenvalue weighted by molar-refractivity contribution is 4.80. The van der Waals surface area contributed by atoms with E-state index >= 15 is 0 Å². The predicted molar refractivity (Wildman–Crippen MR) is 67.7 cm³/mol. The maximum absolute atomic E-state index is 9.53. The van der Waals surface area contributed by atoms with Crippen molar-refractivity contribution in [3.05, 3.63) is 18.7 Å². The molecule has 2 rings (SSSR count). The molecule has 0 aromatic carbocycles. The lowest BCUT2D eigenvalue weighted by Gasteiger charge is -2.36. The van der Waals surface area contributed by atoms with Gasteiger partial charge in [0.05, 0.1) is 12.4 Å². The number of aliphatic hydroxyl groups is 1. The van der Waals surface area contributed by atoms with E-state index in [1.807, 2.05) is 25.6 Å². The van der Waals surface area contributed by atoms with Gasteiger partial charge in [0.1, 0.15) is 0 Å². The summed E-state index contributed by atoms with van der Waals surface area (Å²) in [7, 11) is 0. The second kappa shape index (κ2) is 6.17. The molecular weight excluding hydrogens is 214 g/mol. The monoisotopic (exact) mass is 237 g/mol. The Morgan fingerprint density at radius 2 is 2.29 bits per heavy atom. The lowest BCUT2D eigenvalue weighted by Crippen LogP contribution is -2.42. The Morgan fingerprint density at radius 3 is 3.00 bits per heavy atom. The third kappa shape index (κ3) is 3.82. The van der Waals surface area contributed by atoms with Gasteiger partial charge in [-0.15, -0.1) is 0 Å². The maximum Gasteiger partial charge on any atom is 0.0946 e. The number of hydrogen-bond donors (Lipinski definition) is 1. The van der Waals surface area contributed by atoms with E-state index in [-0.39, 0.29) is 6.10 Å². The Bertz CT molecular complexity index is 310. The molecular formula is C13H23N3O. The van der Waals surface area contributed by atoms with Crippen LogP contribution in [0.2, 0.25) is 0 Å². The van der Waals surface area contributed by atoms with Crippen LogP contribution < -0.4 is 0 Å². The Balaban J connectivity index is 1.83. The summed E-state index contributed by atoms with van der Waals surface area (Å²) in [6.07, 6.45) is 10.2. The number of nitrogens with zero attached hydrogens (tertiary/aromatic N) is 3.